The molecule has 1 N–H and O–H groups in total. The normalized spacial score (nSPS) is 11.1. The van der Waals surface area contributed by atoms with Crippen molar-refractivity contribution < 1.29 is 17.6 Å². The fourth-order valence-electron chi connectivity index (χ4n) is 1.12. The van der Waals surface area contributed by atoms with Gasteiger partial charge in [-0.05, 0) is 24.3 Å². The molecule has 0 aliphatic rings. The van der Waals surface area contributed by atoms with Gasteiger partial charge in [0.05, 0.1) is 10.6 Å². The zero-order valence-corrected chi connectivity index (χ0v) is 9.55. The highest BCUT2D eigenvalue weighted by Gasteiger charge is 2.13. The Hall–Kier alpha value is -1.43. The van der Waals surface area contributed by atoms with Gasteiger partial charge in [-0.1, -0.05) is 0 Å². The maximum absolute atomic E-state index is 12.6. The predicted octanol–water partition coefficient (Wildman–Crippen LogP) is 0.736. The Kier molecular flexibility index (Phi) is 4.00. The third-order valence-corrected chi connectivity index (χ3v) is 3.65. The summed E-state index contributed by atoms with van der Waals surface area (Å²) in [5.41, 5.74) is 0. The SMILES string of the molecule is CC(=O)NCCS(=O)(=O)c1ccc(F)cc1. The number of carbonyl (C=O) groups is 1. The molecule has 4 nitrogen and oxygen atoms in total. The molecular formula is C10H12FNO3S. The van der Waals surface area contributed by atoms with Gasteiger partial charge < -0.3 is 5.32 Å². The number of rotatable bonds is 4. The van der Waals surface area contributed by atoms with Crippen molar-refractivity contribution in [1.82, 2.24) is 5.32 Å². The lowest BCUT2D eigenvalue weighted by Gasteiger charge is -2.04. The van der Waals surface area contributed by atoms with E-state index in [2.05, 4.69) is 5.32 Å². The van der Waals surface area contributed by atoms with Crippen molar-refractivity contribution in [3.05, 3.63) is 30.1 Å². The van der Waals surface area contributed by atoms with Crippen molar-refractivity contribution in [3.8, 4) is 0 Å². The van der Waals surface area contributed by atoms with E-state index in [1.54, 1.807) is 0 Å². The second-order valence-corrected chi connectivity index (χ2v) is 5.36. The van der Waals surface area contributed by atoms with Crippen LogP contribution in [0.15, 0.2) is 29.2 Å². The topological polar surface area (TPSA) is 63.2 Å². The molecule has 0 saturated carbocycles. The number of sulfone groups is 1. The van der Waals surface area contributed by atoms with Gasteiger partial charge in [0, 0.05) is 13.5 Å². The number of hydrogen-bond acceptors (Lipinski definition) is 3. The standard InChI is InChI=1S/C10H12FNO3S/c1-8(13)12-6-7-16(14,15)10-4-2-9(11)3-5-10/h2-5H,6-7H2,1H3,(H,12,13). The average molecular weight is 245 g/mol. The van der Waals surface area contributed by atoms with Gasteiger partial charge in [-0.2, -0.15) is 0 Å². The van der Waals surface area contributed by atoms with Gasteiger partial charge in [-0.15, -0.1) is 0 Å². The zero-order chi connectivity index (χ0) is 12.2. The predicted molar refractivity (Wildman–Crippen MR) is 57.1 cm³/mol. The maximum atomic E-state index is 12.6. The van der Waals surface area contributed by atoms with Crippen molar-refractivity contribution in [2.24, 2.45) is 0 Å². The van der Waals surface area contributed by atoms with E-state index in [1.807, 2.05) is 0 Å². The molecule has 0 aliphatic heterocycles. The first-order valence-corrected chi connectivity index (χ1v) is 6.30. The van der Waals surface area contributed by atoms with Gasteiger partial charge in [0.15, 0.2) is 9.84 Å². The lowest BCUT2D eigenvalue weighted by molar-refractivity contribution is -0.118. The Balaban J connectivity index is 2.71. The Morgan fingerprint density at radius 3 is 2.38 bits per heavy atom. The van der Waals surface area contributed by atoms with E-state index in [-0.39, 0.29) is 23.1 Å². The molecule has 0 bridgehead atoms. The smallest absolute Gasteiger partial charge is 0.216 e. The molecule has 1 amide bonds. The highest BCUT2D eigenvalue weighted by molar-refractivity contribution is 7.91. The lowest BCUT2D eigenvalue weighted by atomic mass is 10.4. The van der Waals surface area contributed by atoms with Gasteiger partial charge >= 0.3 is 0 Å². The molecule has 0 heterocycles. The van der Waals surface area contributed by atoms with Crippen LogP contribution in [0.5, 0.6) is 0 Å². The number of carbonyl (C=O) groups excluding carboxylic acids is 1. The van der Waals surface area contributed by atoms with Crippen LogP contribution in [0.4, 0.5) is 4.39 Å². The molecular weight excluding hydrogens is 233 g/mol. The van der Waals surface area contributed by atoms with Crippen LogP contribution in [-0.2, 0) is 14.6 Å². The first-order chi connectivity index (χ1) is 7.42. The van der Waals surface area contributed by atoms with Crippen molar-refractivity contribution in [3.63, 3.8) is 0 Å². The summed E-state index contributed by atoms with van der Waals surface area (Å²) in [5.74, 6) is -0.965. The van der Waals surface area contributed by atoms with Crippen LogP contribution in [-0.4, -0.2) is 26.6 Å². The summed E-state index contributed by atoms with van der Waals surface area (Å²) in [6.07, 6.45) is 0. The number of nitrogens with one attached hydrogen (secondary N) is 1. The first kappa shape index (κ1) is 12.6. The van der Waals surface area contributed by atoms with Crippen LogP contribution in [0.25, 0.3) is 0 Å². The number of amides is 1. The Morgan fingerprint density at radius 1 is 1.31 bits per heavy atom. The minimum Gasteiger partial charge on any atom is -0.355 e. The van der Waals surface area contributed by atoms with Crippen molar-refractivity contribution >= 4 is 15.7 Å². The minimum atomic E-state index is -3.45. The first-order valence-electron chi connectivity index (χ1n) is 4.64. The fraction of sp³-hybridized carbons (Fsp3) is 0.300. The summed E-state index contributed by atoms with van der Waals surface area (Å²) in [6.45, 7) is 1.36. The molecule has 0 unspecified atom stereocenters. The molecule has 0 atom stereocenters. The third kappa shape index (κ3) is 3.62. The summed E-state index contributed by atoms with van der Waals surface area (Å²) in [6, 6.07) is 4.59. The average Bonchev–Trinajstić information content (AvgIpc) is 2.17. The highest BCUT2D eigenvalue weighted by Crippen LogP contribution is 2.11. The zero-order valence-electron chi connectivity index (χ0n) is 8.73. The lowest BCUT2D eigenvalue weighted by Crippen LogP contribution is -2.26. The van der Waals surface area contributed by atoms with E-state index < -0.39 is 15.7 Å². The molecule has 1 aromatic carbocycles. The Morgan fingerprint density at radius 2 is 1.88 bits per heavy atom. The molecule has 0 spiro atoms. The monoisotopic (exact) mass is 245 g/mol. The maximum Gasteiger partial charge on any atom is 0.216 e. The molecule has 0 radical (unpaired) electrons. The van der Waals surface area contributed by atoms with Crippen LogP contribution in [0.3, 0.4) is 0 Å². The Labute approximate surface area is 93.4 Å². The highest BCUT2D eigenvalue weighted by atomic mass is 32.2. The van der Waals surface area contributed by atoms with Gasteiger partial charge in [-0.25, -0.2) is 12.8 Å². The van der Waals surface area contributed by atoms with Crippen molar-refractivity contribution in [1.29, 1.82) is 0 Å². The summed E-state index contributed by atoms with van der Waals surface area (Å²) in [5, 5.41) is 2.39. The van der Waals surface area contributed by atoms with Gasteiger partial charge in [0.25, 0.3) is 0 Å². The fourth-order valence-corrected chi connectivity index (χ4v) is 2.28. The van der Waals surface area contributed by atoms with Crippen LogP contribution >= 0.6 is 0 Å². The molecule has 1 rings (SSSR count). The molecule has 0 aliphatic carbocycles. The molecule has 0 saturated heterocycles. The third-order valence-electron chi connectivity index (χ3n) is 1.92. The van der Waals surface area contributed by atoms with Crippen LogP contribution in [0, 0.1) is 5.82 Å². The van der Waals surface area contributed by atoms with E-state index in [4.69, 9.17) is 0 Å². The van der Waals surface area contributed by atoms with Gasteiger partial charge in [-0.3, -0.25) is 4.79 Å². The number of halogens is 1. The van der Waals surface area contributed by atoms with E-state index in [9.17, 15) is 17.6 Å². The molecule has 6 heteroatoms. The van der Waals surface area contributed by atoms with E-state index in [0.29, 0.717) is 0 Å². The van der Waals surface area contributed by atoms with Crippen molar-refractivity contribution in [2.75, 3.05) is 12.3 Å². The molecule has 88 valence electrons. The molecule has 1 aromatic rings. The van der Waals surface area contributed by atoms with Crippen molar-refractivity contribution in [2.45, 2.75) is 11.8 Å². The molecule has 16 heavy (non-hydrogen) atoms. The second-order valence-electron chi connectivity index (χ2n) is 3.26. The summed E-state index contributed by atoms with van der Waals surface area (Å²) in [4.78, 5) is 10.6. The van der Waals surface area contributed by atoms with Crippen LogP contribution in [0.1, 0.15) is 6.92 Å². The van der Waals surface area contributed by atoms with E-state index in [1.165, 1.54) is 19.1 Å². The molecule has 0 fully saturated rings. The summed E-state index contributed by atoms with van der Waals surface area (Å²) >= 11 is 0. The summed E-state index contributed by atoms with van der Waals surface area (Å²) < 4.78 is 35.9. The Bertz CT molecular complexity index is 467. The largest absolute Gasteiger partial charge is 0.355 e. The number of benzene rings is 1. The van der Waals surface area contributed by atoms with E-state index in [0.717, 1.165) is 12.1 Å². The van der Waals surface area contributed by atoms with Gasteiger partial charge in [0.2, 0.25) is 5.91 Å². The molecule has 0 aromatic heterocycles. The van der Waals surface area contributed by atoms with Crippen LogP contribution < -0.4 is 5.32 Å². The van der Waals surface area contributed by atoms with Gasteiger partial charge in [0.1, 0.15) is 5.82 Å². The van der Waals surface area contributed by atoms with E-state index >= 15 is 0 Å². The minimum absolute atomic E-state index is 0.0506. The summed E-state index contributed by atoms with van der Waals surface area (Å²) in [7, 11) is -3.45. The second kappa shape index (κ2) is 5.07. The number of hydrogen-bond donors (Lipinski definition) is 1. The van der Waals surface area contributed by atoms with Crippen LogP contribution in [0.2, 0.25) is 0 Å². The quantitative estimate of drug-likeness (QED) is 0.796.